The van der Waals surface area contributed by atoms with Crippen molar-refractivity contribution in [2.75, 3.05) is 19.8 Å². The molecule has 1 unspecified atom stereocenters. The average Bonchev–Trinajstić information content (AvgIpc) is 2.88. The third-order valence-corrected chi connectivity index (χ3v) is 3.17. The van der Waals surface area contributed by atoms with E-state index in [4.69, 9.17) is 9.84 Å². The zero-order chi connectivity index (χ0) is 11.6. The fourth-order valence-electron chi connectivity index (χ4n) is 2.12. The molecule has 6 nitrogen and oxygen atoms in total. The fraction of sp³-hybridized carbons (Fsp3) is 0.800. The number of carboxylic acids is 1. The summed E-state index contributed by atoms with van der Waals surface area (Å²) < 4.78 is 5.07. The van der Waals surface area contributed by atoms with Crippen molar-refractivity contribution in [2.24, 2.45) is 0 Å². The molecule has 0 aromatic heterocycles. The van der Waals surface area contributed by atoms with Gasteiger partial charge in [-0.1, -0.05) is 0 Å². The molecule has 0 radical (unpaired) electrons. The van der Waals surface area contributed by atoms with Crippen LogP contribution in [0.2, 0.25) is 0 Å². The van der Waals surface area contributed by atoms with Crippen LogP contribution in [0.15, 0.2) is 0 Å². The molecule has 6 heteroatoms. The second-order valence-corrected chi connectivity index (χ2v) is 4.33. The summed E-state index contributed by atoms with van der Waals surface area (Å²) in [5.41, 5.74) is -1.22. The quantitative estimate of drug-likeness (QED) is 0.582. The standard InChI is InChI=1S/C10H16N2O4/c13-8(7-2-1-4-11-7)12-10(9(14)15)3-5-16-6-10/h7,11H,1-6H2,(H,12,13)(H,14,15)/t7-,10?/m1/s1. The molecule has 0 bridgehead atoms. The van der Waals surface area contributed by atoms with Crippen LogP contribution < -0.4 is 10.6 Å². The molecule has 2 fully saturated rings. The van der Waals surface area contributed by atoms with E-state index in [-0.39, 0.29) is 18.6 Å². The molecule has 2 atom stereocenters. The van der Waals surface area contributed by atoms with Gasteiger partial charge >= 0.3 is 5.97 Å². The Balaban J connectivity index is 2.00. The molecule has 2 aliphatic heterocycles. The van der Waals surface area contributed by atoms with Gasteiger partial charge in [0.2, 0.25) is 5.91 Å². The van der Waals surface area contributed by atoms with Crippen molar-refractivity contribution in [1.82, 2.24) is 10.6 Å². The van der Waals surface area contributed by atoms with Crippen LogP contribution in [0.25, 0.3) is 0 Å². The molecule has 1 amide bonds. The first-order valence-electron chi connectivity index (χ1n) is 5.51. The van der Waals surface area contributed by atoms with Gasteiger partial charge in [0, 0.05) is 13.0 Å². The summed E-state index contributed by atoms with van der Waals surface area (Å²) in [6.07, 6.45) is 2.05. The van der Waals surface area contributed by atoms with Crippen molar-refractivity contribution in [3.63, 3.8) is 0 Å². The summed E-state index contributed by atoms with van der Waals surface area (Å²) in [6.45, 7) is 1.25. The van der Waals surface area contributed by atoms with E-state index in [2.05, 4.69) is 10.6 Å². The maximum Gasteiger partial charge on any atom is 0.331 e. The summed E-state index contributed by atoms with van der Waals surface area (Å²) in [5, 5.41) is 14.8. The number of rotatable bonds is 3. The van der Waals surface area contributed by atoms with Crippen LogP contribution in [0.4, 0.5) is 0 Å². The van der Waals surface area contributed by atoms with Crippen LogP contribution in [0.3, 0.4) is 0 Å². The molecule has 0 saturated carbocycles. The molecule has 0 spiro atoms. The van der Waals surface area contributed by atoms with Gasteiger partial charge in [0.05, 0.1) is 12.6 Å². The van der Waals surface area contributed by atoms with Gasteiger partial charge in [-0.3, -0.25) is 4.79 Å². The largest absolute Gasteiger partial charge is 0.479 e. The van der Waals surface area contributed by atoms with Crippen LogP contribution in [-0.4, -0.2) is 48.3 Å². The molecule has 0 aromatic carbocycles. The van der Waals surface area contributed by atoms with E-state index in [0.717, 1.165) is 19.4 Å². The molecule has 16 heavy (non-hydrogen) atoms. The minimum absolute atomic E-state index is 0.0563. The van der Waals surface area contributed by atoms with Crippen molar-refractivity contribution in [3.05, 3.63) is 0 Å². The number of hydrogen-bond acceptors (Lipinski definition) is 4. The highest BCUT2D eigenvalue weighted by molar-refractivity contribution is 5.90. The van der Waals surface area contributed by atoms with E-state index < -0.39 is 11.5 Å². The minimum Gasteiger partial charge on any atom is -0.479 e. The highest BCUT2D eigenvalue weighted by Gasteiger charge is 2.45. The molecule has 2 heterocycles. The molecule has 3 N–H and O–H groups in total. The summed E-state index contributed by atoms with van der Waals surface area (Å²) in [4.78, 5) is 23.0. The lowest BCUT2D eigenvalue weighted by molar-refractivity contribution is -0.147. The van der Waals surface area contributed by atoms with Crippen molar-refractivity contribution in [2.45, 2.75) is 30.8 Å². The summed E-state index contributed by atoms with van der Waals surface area (Å²) >= 11 is 0. The van der Waals surface area contributed by atoms with Crippen molar-refractivity contribution < 1.29 is 19.4 Å². The number of nitrogens with one attached hydrogen (secondary N) is 2. The van der Waals surface area contributed by atoms with E-state index in [1.165, 1.54) is 0 Å². The fourth-order valence-corrected chi connectivity index (χ4v) is 2.12. The lowest BCUT2D eigenvalue weighted by Gasteiger charge is -2.25. The number of carbonyl (C=O) groups is 2. The number of aliphatic carboxylic acids is 1. The second kappa shape index (κ2) is 4.39. The van der Waals surface area contributed by atoms with Crippen molar-refractivity contribution >= 4 is 11.9 Å². The van der Waals surface area contributed by atoms with Crippen LogP contribution in [-0.2, 0) is 14.3 Å². The average molecular weight is 228 g/mol. The lowest BCUT2D eigenvalue weighted by Crippen LogP contribution is -2.58. The molecule has 2 saturated heterocycles. The van der Waals surface area contributed by atoms with E-state index in [0.29, 0.717) is 13.0 Å². The summed E-state index contributed by atoms with van der Waals surface area (Å²) in [5.74, 6) is -1.25. The van der Waals surface area contributed by atoms with Gasteiger partial charge in [0.15, 0.2) is 5.54 Å². The topological polar surface area (TPSA) is 87.7 Å². The Bertz CT molecular complexity index is 293. The Morgan fingerprint density at radius 1 is 1.50 bits per heavy atom. The third-order valence-electron chi connectivity index (χ3n) is 3.17. The van der Waals surface area contributed by atoms with Gasteiger partial charge in [-0.05, 0) is 19.4 Å². The first-order valence-corrected chi connectivity index (χ1v) is 5.51. The molecule has 90 valence electrons. The molecular weight excluding hydrogens is 212 g/mol. The van der Waals surface area contributed by atoms with Gasteiger partial charge in [0.25, 0.3) is 0 Å². The predicted molar refractivity (Wildman–Crippen MR) is 55.0 cm³/mol. The zero-order valence-electron chi connectivity index (χ0n) is 8.99. The lowest BCUT2D eigenvalue weighted by atomic mass is 9.98. The Hall–Kier alpha value is -1.14. The SMILES string of the molecule is O=C(NC1(C(=O)O)CCOC1)[C@H]1CCCN1. The number of amides is 1. The first-order chi connectivity index (χ1) is 7.64. The normalized spacial score (nSPS) is 33.9. The van der Waals surface area contributed by atoms with Crippen LogP contribution in [0, 0.1) is 0 Å². The van der Waals surface area contributed by atoms with Crippen molar-refractivity contribution in [3.8, 4) is 0 Å². The molecular formula is C10H16N2O4. The first kappa shape index (κ1) is 11.3. The van der Waals surface area contributed by atoms with E-state index in [9.17, 15) is 9.59 Å². The Morgan fingerprint density at radius 3 is 2.81 bits per heavy atom. The molecule has 0 aromatic rings. The van der Waals surface area contributed by atoms with Crippen LogP contribution in [0.5, 0.6) is 0 Å². The summed E-state index contributed by atoms with van der Waals surface area (Å²) in [6, 6.07) is -0.253. The van der Waals surface area contributed by atoms with Gasteiger partial charge in [0.1, 0.15) is 0 Å². The minimum atomic E-state index is -1.22. The second-order valence-electron chi connectivity index (χ2n) is 4.33. The van der Waals surface area contributed by atoms with Gasteiger partial charge in [-0.15, -0.1) is 0 Å². The number of carboxylic acid groups (broad SMARTS) is 1. The maximum atomic E-state index is 11.8. The predicted octanol–water partition coefficient (Wildman–Crippen LogP) is -0.902. The number of ether oxygens (including phenoxy) is 1. The summed E-state index contributed by atoms with van der Waals surface area (Å²) in [7, 11) is 0. The Kier molecular flexibility index (Phi) is 3.11. The van der Waals surface area contributed by atoms with E-state index in [1.54, 1.807) is 0 Å². The van der Waals surface area contributed by atoms with Crippen LogP contribution in [0.1, 0.15) is 19.3 Å². The van der Waals surface area contributed by atoms with E-state index in [1.807, 2.05) is 0 Å². The maximum absolute atomic E-state index is 11.8. The molecule has 0 aliphatic carbocycles. The highest BCUT2D eigenvalue weighted by Crippen LogP contribution is 2.19. The van der Waals surface area contributed by atoms with E-state index >= 15 is 0 Å². The Labute approximate surface area is 93.3 Å². The highest BCUT2D eigenvalue weighted by atomic mass is 16.5. The molecule has 2 rings (SSSR count). The Morgan fingerprint density at radius 2 is 2.31 bits per heavy atom. The molecule has 2 aliphatic rings. The smallest absolute Gasteiger partial charge is 0.331 e. The van der Waals surface area contributed by atoms with Gasteiger partial charge in [-0.25, -0.2) is 4.79 Å². The number of carbonyl (C=O) groups excluding carboxylic acids is 1. The zero-order valence-corrected chi connectivity index (χ0v) is 8.99. The van der Waals surface area contributed by atoms with Crippen LogP contribution >= 0.6 is 0 Å². The third kappa shape index (κ3) is 2.03. The monoisotopic (exact) mass is 228 g/mol. The number of hydrogen-bond donors (Lipinski definition) is 3. The van der Waals surface area contributed by atoms with Gasteiger partial charge in [-0.2, -0.15) is 0 Å². The van der Waals surface area contributed by atoms with Crippen molar-refractivity contribution in [1.29, 1.82) is 0 Å². The van der Waals surface area contributed by atoms with Gasteiger partial charge < -0.3 is 20.5 Å².